The predicted octanol–water partition coefficient (Wildman–Crippen LogP) is 9.84. The van der Waals surface area contributed by atoms with Crippen LogP contribution in [-0.4, -0.2) is 59.0 Å². The maximum absolute atomic E-state index is 14.1. The average molecular weight is 731 g/mol. The molecule has 304 valence electrons. The lowest BCUT2D eigenvalue weighted by Crippen LogP contribution is -2.42. The molecule has 4 aliphatic rings. The van der Waals surface area contributed by atoms with Gasteiger partial charge in [0.15, 0.2) is 0 Å². The monoisotopic (exact) mass is 731 g/mol. The minimum Gasteiger partial charge on any atom is -0.463 e. The Morgan fingerprint density at radius 1 is 0.863 bits per heavy atom. The molecule has 3 saturated carbocycles. The number of carbonyl (C=O) groups excluding carboxylic acids is 4. The molecule has 1 saturated heterocycles. The molecule has 1 N–H and O–H groups in total. The summed E-state index contributed by atoms with van der Waals surface area (Å²) in [6.45, 7) is 15.9. The summed E-state index contributed by atoms with van der Waals surface area (Å²) in [5, 5.41) is 11.2. The van der Waals surface area contributed by atoms with Crippen molar-refractivity contribution in [2.45, 2.75) is 188 Å². The van der Waals surface area contributed by atoms with E-state index in [4.69, 9.17) is 18.9 Å². The van der Waals surface area contributed by atoms with Crippen LogP contribution in [0.1, 0.15) is 164 Å². The van der Waals surface area contributed by atoms with Gasteiger partial charge in [0.1, 0.15) is 11.2 Å². The van der Waals surface area contributed by atoms with Crippen LogP contribution in [0.2, 0.25) is 0 Å². The minimum absolute atomic E-state index is 0. The summed E-state index contributed by atoms with van der Waals surface area (Å²) in [6.07, 6.45) is 5.49. The number of carbonyl (C=O) groups is 4. The quantitative estimate of drug-likeness (QED) is 0.154. The number of aliphatic hydroxyl groups excluding tert-OH is 1. The zero-order valence-electron chi connectivity index (χ0n) is 28.8. The number of hydrogen-bond donors (Lipinski definition) is 1. The van der Waals surface area contributed by atoms with Crippen LogP contribution in [0.15, 0.2) is 0 Å². The van der Waals surface area contributed by atoms with E-state index < -0.39 is 53.2 Å². The van der Waals surface area contributed by atoms with Gasteiger partial charge < -0.3 is 24.1 Å². The van der Waals surface area contributed by atoms with Crippen molar-refractivity contribution in [3.63, 3.8) is 0 Å². The molecule has 0 amide bonds. The predicted molar refractivity (Wildman–Crippen MR) is 208 cm³/mol. The molecule has 0 spiro atoms. The molecule has 9 unspecified atom stereocenters. The van der Waals surface area contributed by atoms with Crippen molar-refractivity contribution in [3.05, 3.63) is 0 Å². The highest BCUT2D eigenvalue weighted by Crippen LogP contribution is 2.58. The zero-order valence-corrected chi connectivity index (χ0v) is 28.8. The molecule has 9 atom stereocenters. The normalized spacial score (nSPS) is 29.7. The summed E-state index contributed by atoms with van der Waals surface area (Å²) in [6, 6.07) is 0. The number of hydrogen-bond acceptors (Lipinski definition) is 9. The van der Waals surface area contributed by atoms with Crippen LogP contribution in [0.25, 0.3) is 0 Å². The topological polar surface area (TPSA) is 125 Å². The van der Waals surface area contributed by atoms with E-state index >= 15 is 0 Å². The molecule has 2 bridgehead atoms. The van der Waals surface area contributed by atoms with Gasteiger partial charge in [0.05, 0.1) is 31.0 Å². The maximum atomic E-state index is 14.1. The summed E-state index contributed by atoms with van der Waals surface area (Å²) in [5.74, 6) is -0.900. The minimum atomic E-state index is -0.893. The number of rotatable bonds is 12. The molecular formula is C42H82O9. The molecule has 1 aliphatic heterocycles. The first-order chi connectivity index (χ1) is 20.9. The van der Waals surface area contributed by atoms with Crippen molar-refractivity contribution in [1.82, 2.24) is 0 Å². The van der Waals surface area contributed by atoms with Crippen molar-refractivity contribution in [3.8, 4) is 0 Å². The molecule has 1 heterocycles. The van der Waals surface area contributed by atoms with E-state index in [0.717, 1.165) is 38.5 Å². The largest absolute Gasteiger partial charge is 0.463 e. The van der Waals surface area contributed by atoms with Crippen LogP contribution >= 0.6 is 0 Å². The molecule has 0 aromatic rings. The first-order valence-electron chi connectivity index (χ1n) is 17.4. The Labute approximate surface area is 314 Å². The van der Waals surface area contributed by atoms with Crippen molar-refractivity contribution in [1.29, 1.82) is 0 Å². The molecule has 0 aromatic carbocycles. The molecule has 51 heavy (non-hydrogen) atoms. The van der Waals surface area contributed by atoms with E-state index in [9.17, 15) is 24.3 Å². The van der Waals surface area contributed by atoms with Gasteiger partial charge >= 0.3 is 23.9 Å². The highest BCUT2D eigenvalue weighted by atomic mass is 16.6. The number of esters is 4. The number of fused-ring (bicyclic) bond motifs is 2. The van der Waals surface area contributed by atoms with Crippen molar-refractivity contribution >= 4 is 23.9 Å². The van der Waals surface area contributed by atoms with Gasteiger partial charge in [-0.1, -0.05) is 78.2 Å². The first-order valence-corrected chi connectivity index (χ1v) is 17.4. The first kappa shape index (κ1) is 53.2. The standard InChI is InChI=1S/C36H58O9.6CH4/c1-20-9-11-25(12-10-20)36(7,8)45-33(40)24(15-21(2)32(39)43-30-13-14-42-34(30)41)18-26-22(3)23-16-27(26)28(17-23)29(37)19-31(38)44-35(4,5)6;;;;;;/h20-30,37H,9-19H2,1-8H3;6*1H4. The van der Waals surface area contributed by atoms with Gasteiger partial charge in [0, 0.05) is 6.42 Å². The third-order valence-electron chi connectivity index (χ3n) is 11.4. The Morgan fingerprint density at radius 2 is 1.45 bits per heavy atom. The fourth-order valence-electron chi connectivity index (χ4n) is 8.71. The number of ether oxygens (including phenoxy) is 4. The Bertz CT molecular complexity index is 1070. The lowest BCUT2D eigenvalue weighted by molar-refractivity contribution is -0.172. The second-order valence-electron chi connectivity index (χ2n) is 16.4. The van der Waals surface area contributed by atoms with Crippen LogP contribution in [-0.2, 0) is 38.1 Å². The SMILES string of the molecule is C.C.C.C.C.C.CC1CCC(C(C)(C)OC(=O)C(CC(C)C(=O)OC2CCOC2=O)CC2C(C)C3CC(C(O)CC(=O)OC(C)(C)C)C2C3)CC1. The van der Waals surface area contributed by atoms with E-state index in [-0.39, 0.29) is 93.6 Å². The number of aliphatic hydroxyl groups is 1. The Hall–Kier alpha value is -2.16. The smallest absolute Gasteiger partial charge is 0.347 e. The van der Waals surface area contributed by atoms with Crippen LogP contribution < -0.4 is 0 Å². The van der Waals surface area contributed by atoms with Gasteiger partial charge in [0.2, 0.25) is 6.10 Å². The van der Waals surface area contributed by atoms with Gasteiger partial charge in [-0.15, -0.1) is 0 Å². The van der Waals surface area contributed by atoms with Gasteiger partial charge in [-0.3, -0.25) is 14.4 Å². The van der Waals surface area contributed by atoms with Crippen molar-refractivity contribution in [2.24, 2.45) is 53.3 Å². The highest BCUT2D eigenvalue weighted by Gasteiger charge is 2.54. The molecular weight excluding hydrogens is 648 g/mol. The van der Waals surface area contributed by atoms with Crippen LogP contribution in [0, 0.1) is 53.3 Å². The molecule has 4 fully saturated rings. The Kier molecular flexibility index (Phi) is 22.4. The van der Waals surface area contributed by atoms with Crippen molar-refractivity contribution < 1.29 is 43.2 Å². The van der Waals surface area contributed by atoms with Gasteiger partial charge in [0.25, 0.3) is 0 Å². The number of cyclic esters (lactones) is 1. The van der Waals surface area contributed by atoms with E-state index in [0.29, 0.717) is 30.6 Å². The Balaban J connectivity index is -0.00000384. The van der Waals surface area contributed by atoms with E-state index in [1.54, 1.807) is 6.92 Å². The highest BCUT2D eigenvalue weighted by molar-refractivity contribution is 5.82. The zero-order chi connectivity index (χ0) is 33.3. The van der Waals surface area contributed by atoms with Gasteiger partial charge in [-0.2, -0.15) is 0 Å². The summed E-state index contributed by atoms with van der Waals surface area (Å²) < 4.78 is 22.3. The lowest BCUT2D eigenvalue weighted by Gasteiger charge is -2.40. The van der Waals surface area contributed by atoms with Gasteiger partial charge in [-0.25, -0.2) is 4.79 Å². The second kappa shape index (κ2) is 21.5. The summed E-state index contributed by atoms with van der Waals surface area (Å²) in [7, 11) is 0. The fourth-order valence-corrected chi connectivity index (χ4v) is 8.71. The third-order valence-corrected chi connectivity index (χ3v) is 11.4. The molecule has 0 radical (unpaired) electrons. The molecule has 9 nitrogen and oxygen atoms in total. The maximum Gasteiger partial charge on any atom is 0.347 e. The van der Waals surface area contributed by atoms with Crippen LogP contribution in [0.3, 0.4) is 0 Å². The summed E-state index contributed by atoms with van der Waals surface area (Å²) in [5.41, 5.74) is -1.24. The molecule has 0 aromatic heterocycles. The van der Waals surface area contributed by atoms with Gasteiger partial charge in [-0.05, 0) is 115 Å². The van der Waals surface area contributed by atoms with E-state index in [1.165, 1.54) is 0 Å². The average Bonchev–Trinajstić information content (AvgIpc) is 3.62. The van der Waals surface area contributed by atoms with Crippen molar-refractivity contribution in [2.75, 3.05) is 6.61 Å². The van der Waals surface area contributed by atoms with E-state index in [2.05, 4.69) is 13.8 Å². The Morgan fingerprint density at radius 3 is 1.96 bits per heavy atom. The molecule has 4 rings (SSSR count). The fraction of sp³-hybridized carbons (Fsp3) is 0.905. The molecule has 9 heteroatoms. The summed E-state index contributed by atoms with van der Waals surface area (Å²) >= 11 is 0. The van der Waals surface area contributed by atoms with Crippen LogP contribution in [0.5, 0.6) is 0 Å². The third kappa shape index (κ3) is 13.6. The van der Waals surface area contributed by atoms with Crippen LogP contribution in [0.4, 0.5) is 0 Å². The lowest BCUT2D eigenvalue weighted by atomic mass is 9.68. The summed E-state index contributed by atoms with van der Waals surface area (Å²) in [4.78, 5) is 51.6. The second-order valence-corrected chi connectivity index (χ2v) is 16.4. The molecule has 3 aliphatic carbocycles. The van der Waals surface area contributed by atoms with E-state index in [1.807, 2.05) is 34.6 Å².